The van der Waals surface area contributed by atoms with Crippen molar-refractivity contribution in [2.75, 3.05) is 13.7 Å². The maximum Gasteiger partial charge on any atom is 0.333 e. The zero-order chi connectivity index (χ0) is 19.3. The van der Waals surface area contributed by atoms with Crippen LogP contribution in [-0.4, -0.2) is 30.6 Å². The van der Waals surface area contributed by atoms with Gasteiger partial charge in [0.05, 0.1) is 13.7 Å². The smallest absolute Gasteiger partial charge is 0.333 e. The average molecular weight is 356 g/mol. The van der Waals surface area contributed by atoms with E-state index in [1.54, 1.807) is 18.3 Å². The van der Waals surface area contributed by atoms with Crippen molar-refractivity contribution in [1.29, 1.82) is 0 Å². The number of rotatable bonds is 6. The summed E-state index contributed by atoms with van der Waals surface area (Å²) in [7, 11) is 1.30. The van der Waals surface area contributed by atoms with Crippen molar-refractivity contribution in [3.05, 3.63) is 58.3 Å². The SMILES string of the molecule is CCOc1ncccc1C(=O)N[C@@H](C(=O)OC)c1c(C)cc(C)cc1C. The molecule has 0 unspecified atom stereocenters. The summed E-state index contributed by atoms with van der Waals surface area (Å²) < 4.78 is 10.3. The van der Waals surface area contributed by atoms with Gasteiger partial charge in [0.25, 0.3) is 5.91 Å². The van der Waals surface area contributed by atoms with Gasteiger partial charge in [-0.3, -0.25) is 4.79 Å². The molecule has 0 aliphatic carbocycles. The summed E-state index contributed by atoms with van der Waals surface area (Å²) >= 11 is 0. The van der Waals surface area contributed by atoms with Crippen LogP contribution >= 0.6 is 0 Å². The predicted octanol–water partition coefficient (Wildman–Crippen LogP) is 3.05. The minimum Gasteiger partial charge on any atom is -0.477 e. The Bertz CT molecular complexity index is 794. The molecule has 0 aliphatic rings. The van der Waals surface area contributed by atoms with Crippen LogP contribution in [-0.2, 0) is 9.53 Å². The molecule has 2 rings (SSSR count). The summed E-state index contributed by atoms with van der Waals surface area (Å²) in [6.45, 7) is 8.00. The number of aryl methyl sites for hydroxylation is 3. The van der Waals surface area contributed by atoms with Crippen LogP contribution in [0.1, 0.15) is 45.6 Å². The molecular weight excluding hydrogens is 332 g/mol. The third-order valence-corrected chi connectivity index (χ3v) is 4.04. The Kier molecular flexibility index (Phi) is 6.33. The number of esters is 1. The van der Waals surface area contributed by atoms with Crippen LogP contribution in [0.2, 0.25) is 0 Å². The van der Waals surface area contributed by atoms with E-state index in [0.717, 1.165) is 22.3 Å². The van der Waals surface area contributed by atoms with Gasteiger partial charge in [-0.25, -0.2) is 9.78 Å². The lowest BCUT2D eigenvalue weighted by atomic mass is 9.93. The van der Waals surface area contributed by atoms with Gasteiger partial charge in [0, 0.05) is 6.20 Å². The van der Waals surface area contributed by atoms with Crippen LogP contribution < -0.4 is 10.1 Å². The van der Waals surface area contributed by atoms with Crippen molar-refractivity contribution in [3.8, 4) is 5.88 Å². The molecule has 1 aromatic heterocycles. The fourth-order valence-electron chi connectivity index (χ4n) is 3.04. The van der Waals surface area contributed by atoms with Gasteiger partial charge in [-0.15, -0.1) is 0 Å². The number of ether oxygens (including phenoxy) is 2. The van der Waals surface area contributed by atoms with Gasteiger partial charge in [-0.1, -0.05) is 17.7 Å². The molecule has 0 bridgehead atoms. The Hall–Kier alpha value is -2.89. The van der Waals surface area contributed by atoms with E-state index in [1.165, 1.54) is 7.11 Å². The first-order chi connectivity index (χ1) is 12.4. The minimum absolute atomic E-state index is 0.230. The summed E-state index contributed by atoms with van der Waals surface area (Å²) in [6.07, 6.45) is 1.55. The molecule has 0 aliphatic heterocycles. The summed E-state index contributed by atoms with van der Waals surface area (Å²) in [4.78, 5) is 29.3. The summed E-state index contributed by atoms with van der Waals surface area (Å²) in [5, 5.41) is 2.77. The number of pyridine rings is 1. The molecule has 6 nitrogen and oxygen atoms in total. The molecule has 1 atom stereocenters. The second-order valence-electron chi connectivity index (χ2n) is 6.03. The summed E-state index contributed by atoms with van der Waals surface area (Å²) in [5.74, 6) is -0.750. The van der Waals surface area contributed by atoms with Crippen LogP contribution in [0, 0.1) is 20.8 Å². The summed E-state index contributed by atoms with van der Waals surface area (Å²) in [5.41, 5.74) is 3.91. The number of carbonyl (C=O) groups excluding carboxylic acids is 2. The van der Waals surface area contributed by atoms with Gasteiger partial charge in [-0.05, 0) is 56.5 Å². The highest BCUT2D eigenvalue weighted by Crippen LogP contribution is 2.26. The molecule has 2 aromatic rings. The fraction of sp³-hybridized carbons (Fsp3) is 0.350. The number of carbonyl (C=O) groups is 2. The van der Waals surface area contributed by atoms with Crippen molar-refractivity contribution in [2.24, 2.45) is 0 Å². The third kappa shape index (κ3) is 4.20. The van der Waals surface area contributed by atoms with Gasteiger partial charge in [0.15, 0.2) is 6.04 Å². The van der Waals surface area contributed by atoms with Crippen molar-refractivity contribution >= 4 is 11.9 Å². The number of hydrogen-bond donors (Lipinski definition) is 1. The van der Waals surface area contributed by atoms with Crippen LogP contribution in [0.25, 0.3) is 0 Å². The number of nitrogens with zero attached hydrogens (tertiary/aromatic N) is 1. The maximum absolute atomic E-state index is 12.8. The van der Waals surface area contributed by atoms with Crippen LogP contribution in [0.5, 0.6) is 5.88 Å². The van der Waals surface area contributed by atoms with E-state index in [1.807, 2.05) is 39.8 Å². The number of nitrogens with one attached hydrogen (secondary N) is 1. The van der Waals surface area contributed by atoms with E-state index in [0.29, 0.717) is 6.61 Å². The van der Waals surface area contributed by atoms with Gasteiger partial charge in [-0.2, -0.15) is 0 Å². The Balaban J connectivity index is 2.42. The molecule has 0 fully saturated rings. The van der Waals surface area contributed by atoms with Gasteiger partial charge >= 0.3 is 5.97 Å². The van der Waals surface area contributed by atoms with Crippen LogP contribution in [0.15, 0.2) is 30.5 Å². The standard InChI is InChI=1S/C20H24N2O4/c1-6-26-19-15(8-7-9-21-19)18(23)22-17(20(24)25-5)16-13(3)10-12(2)11-14(16)4/h7-11,17H,6H2,1-5H3,(H,22,23)/t17-/m1/s1. The van der Waals surface area contributed by atoms with Gasteiger partial charge < -0.3 is 14.8 Å². The van der Waals surface area contributed by atoms with Crippen LogP contribution in [0.4, 0.5) is 0 Å². The second kappa shape index (κ2) is 8.47. The predicted molar refractivity (Wildman–Crippen MR) is 98.3 cm³/mol. The molecule has 0 spiro atoms. The molecule has 26 heavy (non-hydrogen) atoms. The lowest BCUT2D eigenvalue weighted by molar-refractivity contribution is -0.143. The largest absolute Gasteiger partial charge is 0.477 e. The fourth-order valence-corrected chi connectivity index (χ4v) is 3.04. The van der Waals surface area contributed by atoms with E-state index >= 15 is 0 Å². The van der Waals surface area contributed by atoms with Gasteiger partial charge in [0.2, 0.25) is 5.88 Å². The number of amides is 1. The molecular formula is C20H24N2O4. The molecule has 1 N–H and O–H groups in total. The number of hydrogen-bond acceptors (Lipinski definition) is 5. The first-order valence-electron chi connectivity index (χ1n) is 8.43. The maximum atomic E-state index is 12.8. The first kappa shape index (κ1) is 19.4. The van der Waals surface area contributed by atoms with E-state index in [-0.39, 0.29) is 11.4 Å². The second-order valence-corrected chi connectivity index (χ2v) is 6.03. The third-order valence-electron chi connectivity index (χ3n) is 4.04. The van der Waals surface area contributed by atoms with Gasteiger partial charge in [0.1, 0.15) is 5.56 Å². The first-order valence-corrected chi connectivity index (χ1v) is 8.43. The van der Waals surface area contributed by atoms with Crippen molar-refractivity contribution < 1.29 is 19.1 Å². The molecule has 6 heteroatoms. The van der Waals surface area contributed by atoms with E-state index in [2.05, 4.69) is 10.3 Å². The molecule has 1 heterocycles. The highest BCUT2D eigenvalue weighted by atomic mass is 16.5. The molecule has 138 valence electrons. The highest BCUT2D eigenvalue weighted by Gasteiger charge is 2.28. The van der Waals surface area contributed by atoms with Crippen molar-refractivity contribution in [3.63, 3.8) is 0 Å². The monoisotopic (exact) mass is 356 g/mol. The lowest BCUT2D eigenvalue weighted by Crippen LogP contribution is -2.35. The Labute approximate surface area is 153 Å². The Morgan fingerprint density at radius 1 is 1.19 bits per heavy atom. The highest BCUT2D eigenvalue weighted by molar-refractivity contribution is 5.99. The molecule has 0 saturated heterocycles. The van der Waals surface area contributed by atoms with Crippen molar-refractivity contribution in [1.82, 2.24) is 10.3 Å². The Morgan fingerprint density at radius 3 is 2.42 bits per heavy atom. The Morgan fingerprint density at radius 2 is 1.85 bits per heavy atom. The van der Waals surface area contributed by atoms with Crippen LogP contribution in [0.3, 0.4) is 0 Å². The zero-order valence-electron chi connectivity index (χ0n) is 15.8. The zero-order valence-corrected chi connectivity index (χ0v) is 15.8. The molecule has 0 saturated carbocycles. The lowest BCUT2D eigenvalue weighted by Gasteiger charge is -2.22. The minimum atomic E-state index is -0.914. The molecule has 1 aromatic carbocycles. The number of methoxy groups -OCH3 is 1. The van der Waals surface area contributed by atoms with Crippen molar-refractivity contribution in [2.45, 2.75) is 33.7 Å². The van der Waals surface area contributed by atoms with E-state index in [9.17, 15) is 9.59 Å². The number of benzene rings is 1. The molecule has 0 radical (unpaired) electrons. The average Bonchev–Trinajstić information content (AvgIpc) is 2.60. The van der Waals surface area contributed by atoms with E-state index < -0.39 is 17.9 Å². The summed E-state index contributed by atoms with van der Waals surface area (Å²) in [6, 6.07) is 6.28. The molecule has 1 amide bonds. The normalized spacial score (nSPS) is 11.6. The van der Waals surface area contributed by atoms with E-state index in [4.69, 9.17) is 9.47 Å². The number of aromatic nitrogens is 1. The quantitative estimate of drug-likeness (QED) is 0.805. The topological polar surface area (TPSA) is 77.5 Å².